The molecular formula is C27H29ClN2O3S2. The Bertz CT molecular complexity index is 1200. The van der Waals surface area contributed by atoms with Gasteiger partial charge in [-0.05, 0) is 41.5 Å². The number of benzene rings is 2. The van der Waals surface area contributed by atoms with Crippen molar-refractivity contribution in [2.75, 3.05) is 32.7 Å². The molecular weight excluding hydrogens is 500 g/mol. The van der Waals surface area contributed by atoms with Crippen LogP contribution in [0, 0.1) is 0 Å². The van der Waals surface area contributed by atoms with Crippen molar-refractivity contribution in [1.82, 2.24) is 9.88 Å². The topological polar surface area (TPSA) is 59.5 Å². The first kappa shape index (κ1) is 27.1. The van der Waals surface area contributed by atoms with Gasteiger partial charge in [-0.25, -0.2) is 4.98 Å². The molecule has 5 nitrogen and oxygen atoms in total. The normalized spacial score (nSPS) is 12.1. The van der Waals surface area contributed by atoms with Crippen LogP contribution >= 0.6 is 35.1 Å². The minimum absolute atomic E-state index is 0.101. The average molecular weight is 529 g/mol. The second-order valence-electron chi connectivity index (χ2n) is 8.01. The lowest BCUT2D eigenvalue weighted by atomic mass is 10.1. The molecule has 0 aliphatic carbocycles. The van der Waals surface area contributed by atoms with Crippen molar-refractivity contribution in [2.24, 2.45) is 0 Å². The Labute approximate surface area is 220 Å². The highest BCUT2D eigenvalue weighted by molar-refractivity contribution is 8.16. The number of thioether (sulfide) groups is 2. The summed E-state index contributed by atoms with van der Waals surface area (Å²) in [6, 6.07) is 18.0. The standard InChI is InChI=1S/C27H29ClN2O3S2/c1-30(2)25(31)13-15-34-27(35-16-14-26(32)33-3)21-6-4-5-19(17-21)7-11-23-12-9-20-8-10-22(28)18-24(20)29-23/h4-12,17-18,27H,13-16H2,1-3H3/b11-7+. The van der Waals surface area contributed by atoms with Crippen molar-refractivity contribution in [2.45, 2.75) is 17.4 Å². The van der Waals surface area contributed by atoms with Crippen molar-refractivity contribution in [3.05, 3.63) is 76.4 Å². The number of amides is 1. The summed E-state index contributed by atoms with van der Waals surface area (Å²) >= 11 is 9.53. The van der Waals surface area contributed by atoms with Crippen molar-refractivity contribution in [1.29, 1.82) is 0 Å². The third-order valence-corrected chi connectivity index (χ3v) is 8.27. The maximum atomic E-state index is 12.0. The van der Waals surface area contributed by atoms with Crippen LogP contribution in [0.1, 0.15) is 34.2 Å². The van der Waals surface area contributed by atoms with E-state index in [1.165, 1.54) is 7.11 Å². The van der Waals surface area contributed by atoms with Crippen LogP contribution < -0.4 is 0 Å². The fourth-order valence-electron chi connectivity index (χ4n) is 3.26. The molecule has 0 saturated heterocycles. The van der Waals surface area contributed by atoms with Gasteiger partial charge in [-0.3, -0.25) is 9.59 Å². The van der Waals surface area contributed by atoms with E-state index in [9.17, 15) is 9.59 Å². The molecule has 184 valence electrons. The summed E-state index contributed by atoms with van der Waals surface area (Å²) in [5.74, 6) is 1.24. The third-order valence-electron chi connectivity index (χ3n) is 5.19. The van der Waals surface area contributed by atoms with Crippen molar-refractivity contribution in [3.63, 3.8) is 0 Å². The van der Waals surface area contributed by atoms with E-state index in [-0.39, 0.29) is 16.5 Å². The van der Waals surface area contributed by atoms with Crippen LogP contribution in [0.4, 0.5) is 0 Å². The Morgan fingerprint density at radius 2 is 1.77 bits per heavy atom. The fraction of sp³-hybridized carbons (Fsp3) is 0.296. The first-order valence-electron chi connectivity index (χ1n) is 11.2. The van der Waals surface area contributed by atoms with Crippen molar-refractivity contribution < 1.29 is 14.3 Å². The maximum Gasteiger partial charge on any atom is 0.306 e. The molecule has 1 atom stereocenters. The number of carbonyl (C=O) groups excluding carboxylic acids is 2. The van der Waals surface area contributed by atoms with E-state index < -0.39 is 0 Å². The summed E-state index contributed by atoms with van der Waals surface area (Å²) in [4.78, 5) is 29.9. The molecule has 0 bridgehead atoms. The highest BCUT2D eigenvalue weighted by Crippen LogP contribution is 2.40. The van der Waals surface area contributed by atoms with Crippen LogP contribution in [0.15, 0.2) is 54.6 Å². The van der Waals surface area contributed by atoms with Gasteiger partial charge in [0, 0.05) is 42.4 Å². The molecule has 1 unspecified atom stereocenters. The second-order valence-corrected chi connectivity index (χ2v) is 11.2. The summed E-state index contributed by atoms with van der Waals surface area (Å²) in [7, 11) is 4.94. The molecule has 0 saturated carbocycles. The van der Waals surface area contributed by atoms with Gasteiger partial charge in [-0.1, -0.05) is 48.0 Å². The molecule has 8 heteroatoms. The van der Waals surface area contributed by atoms with Gasteiger partial charge in [0.2, 0.25) is 5.91 Å². The second kappa shape index (κ2) is 13.6. The van der Waals surface area contributed by atoms with Gasteiger partial charge in [0.05, 0.1) is 29.3 Å². The predicted molar refractivity (Wildman–Crippen MR) is 150 cm³/mol. The van der Waals surface area contributed by atoms with E-state index in [1.54, 1.807) is 42.5 Å². The van der Waals surface area contributed by atoms with E-state index in [2.05, 4.69) is 17.1 Å². The molecule has 0 spiro atoms. The zero-order chi connectivity index (χ0) is 25.2. The number of nitrogens with zero attached hydrogens (tertiary/aromatic N) is 2. The number of rotatable bonds is 11. The summed E-state index contributed by atoms with van der Waals surface area (Å²) in [5.41, 5.74) is 3.91. The third kappa shape index (κ3) is 8.60. The van der Waals surface area contributed by atoms with Crippen molar-refractivity contribution >= 4 is 70.1 Å². The number of hydrogen-bond acceptors (Lipinski definition) is 6. The van der Waals surface area contributed by atoms with Crippen LogP contribution in [0.3, 0.4) is 0 Å². The molecule has 1 amide bonds. The van der Waals surface area contributed by atoms with E-state index in [4.69, 9.17) is 16.3 Å². The first-order chi connectivity index (χ1) is 16.9. The van der Waals surface area contributed by atoms with Crippen LogP contribution in [0.2, 0.25) is 5.02 Å². The maximum absolute atomic E-state index is 12.0. The van der Waals surface area contributed by atoms with Crippen LogP contribution in [0.5, 0.6) is 0 Å². The number of hydrogen-bond donors (Lipinski definition) is 0. The quantitative estimate of drug-likeness (QED) is 0.207. The van der Waals surface area contributed by atoms with Crippen LogP contribution in [-0.4, -0.2) is 54.5 Å². The summed E-state index contributed by atoms with van der Waals surface area (Å²) in [6.45, 7) is 0. The number of fused-ring (bicyclic) bond motifs is 1. The molecule has 0 fully saturated rings. The first-order valence-corrected chi connectivity index (χ1v) is 13.7. The number of esters is 1. The Hall–Kier alpha value is -2.48. The Balaban J connectivity index is 1.73. The summed E-state index contributed by atoms with van der Waals surface area (Å²) in [6.07, 6.45) is 4.86. The zero-order valence-electron chi connectivity index (χ0n) is 20.1. The van der Waals surface area contributed by atoms with Gasteiger partial charge in [0.25, 0.3) is 0 Å². The summed E-state index contributed by atoms with van der Waals surface area (Å²) < 4.78 is 4.87. The van der Waals surface area contributed by atoms with Crippen molar-refractivity contribution in [3.8, 4) is 0 Å². The molecule has 35 heavy (non-hydrogen) atoms. The minimum atomic E-state index is -0.218. The van der Waals surface area contributed by atoms with Gasteiger partial charge in [-0.2, -0.15) is 0 Å². The number of ether oxygens (including phenoxy) is 1. The number of methoxy groups -OCH3 is 1. The highest BCUT2D eigenvalue weighted by Gasteiger charge is 2.15. The van der Waals surface area contributed by atoms with Gasteiger partial charge in [-0.15, -0.1) is 23.5 Å². The Kier molecular flexibility index (Phi) is 10.5. The van der Waals surface area contributed by atoms with E-state index in [0.29, 0.717) is 29.4 Å². The monoisotopic (exact) mass is 528 g/mol. The molecule has 1 heterocycles. The Morgan fingerprint density at radius 3 is 2.51 bits per heavy atom. The number of aromatic nitrogens is 1. The molecule has 0 aliphatic heterocycles. The van der Waals surface area contributed by atoms with E-state index >= 15 is 0 Å². The number of pyridine rings is 1. The predicted octanol–water partition coefficient (Wildman–Crippen LogP) is 6.57. The molecule has 0 N–H and O–H groups in total. The summed E-state index contributed by atoms with van der Waals surface area (Å²) in [5, 5.41) is 1.71. The molecule has 3 aromatic rings. The lowest BCUT2D eigenvalue weighted by Crippen LogP contribution is -2.21. The lowest BCUT2D eigenvalue weighted by molar-refractivity contribution is -0.140. The van der Waals surface area contributed by atoms with E-state index in [0.717, 1.165) is 27.7 Å². The largest absolute Gasteiger partial charge is 0.469 e. The highest BCUT2D eigenvalue weighted by atomic mass is 35.5. The SMILES string of the molecule is COC(=O)CCSC(SCCC(=O)N(C)C)c1cccc(/C=C/c2ccc3ccc(Cl)cc3n2)c1. The van der Waals surface area contributed by atoms with Gasteiger partial charge in [0.1, 0.15) is 0 Å². The lowest BCUT2D eigenvalue weighted by Gasteiger charge is -2.18. The minimum Gasteiger partial charge on any atom is -0.469 e. The smallest absolute Gasteiger partial charge is 0.306 e. The van der Waals surface area contributed by atoms with Crippen LogP contribution in [-0.2, 0) is 14.3 Å². The molecule has 3 rings (SSSR count). The zero-order valence-corrected chi connectivity index (χ0v) is 22.5. The molecule has 1 aromatic heterocycles. The fourth-order valence-corrected chi connectivity index (χ4v) is 6.07. The van der Waals surface area contributed by atoms with Gasteiger partial charge < -0.3 is 9.64 Å². The Morgan fingerprint density at radius 1 is 1.03 bits per heavy atom. The number of carbonyl (C=O) groups is 2. The van der Waals surface area contributed by atoms with Gasteiger partial charge in [0.15, 0.2) is 0 Å². The average Bonchev–Trinajstić information content (AvgIpc) is 2.86. The van der Waals surface area contributed by atoms with Crippen LogP contribution in [0.25, 0.3) is 23.1 Å². The molecule has 2 aromatic carbocycles. The molecule has 0 radical (unpaired) electrons. The molecule has 0 aliphatic rings. The van der Waals surface area contributed by atoms with E-state index in [1.807, 2.05) is 54.6 Å². The van der Waals surface area contributed by atoms with Gasteiger partial charge >= 0.3 is 5.97 Å². The number of halogens is 1.